The van der Waals surface area contributed by atoms with Crippen LogP contribution in [0, 0.1) is 0 Å². The fraction of sp³-hybridized carbons (Fsp3) is 0.688. The van der Waals surface area contributed by atoms with Crippen molar-refractivity contribution in [3.63, 3.8) is 0 Å². The van der Waals surface area contributed by atoms with E-state index in [1.807, 2.05) is 10.4 Å². The maximum Gasteiger partial charge on any atom is 0.871 e. The summed E-state index contributed by atoms with van der Waals surface area (Å²) in [6.45, 7) is 4.27. The molecule has 0 aliphatic rings. The van der Waals surface area contributed by atoms with Crippen LogP contribution >= 0.6 is 0 Å². The molecule has 0 spiro atoms. The molecular weight excluding hydrogens is 358 g/mol. The summed E-state index contributed by atoms with van der Waals surface area (Å²) in [6.07, 6.45) is 4.73. The molecule has 0 atom stereocenters. The molecule has 0 aromatic carbocycles. The Morgan fingerprint density at radius 3 is 1.72 bits per heavy atom. The number of aryl methyl sites for hydroxylation is 1. The van der Waals surface area contributed by atoms with Crippen LogP contribution in [0.25, 0.3) is 0 Å². The highest BCUT2D eigenvalue weighted by Crippen LogP contribution is 2.16. The van der Waals surface area contributed by atoms with Crippen LogP contribution in [-0.4, -0.2) is 60.4 Å². The van der Waals surface area contributed by atoms with Gasteiger partial charge in [0, 0.05) is 54.3 Å². The summed E-state index contributed by atoms with van der Waals surface area (Å²) in [5, 5.41) is 0.825. The molecule has 0 amide bonds. The molecule has 0 saturated heterocycles. The third-order valence-electron chi connectivity index (χ3n) is 4.38. The SMILES string of the molecule is CCCc1cc[n+]([Si](OC)(OC)OC)c([Si](OC)(OC)OC)c1CC. The van der Waals surface area contributed by atoms with Crippen LogP contribution < -0.4 is 9.55 Å². The molecule has 0 radical (unpaired) electrons. The molecule has 7 nitrogen and oxygen atoms in total. The number of hydrogen-bond donors (Lipinski definition) is 0. The molecule has 25 heavy (non-hydrogen) atoms. The van der Waals surface area contributed by atoms with Crippen LogP contribution in [0.1, 0.15) is 31.4 Å². The Balaban J connectivity index is 3.91. The van der Waals surface area contributed by atoms with E-state index < -0.39 is 17.8 Å². The van der Waals surface area contributed by atoms with Gasteiger partial charge in [0.2, 0.25) is 5.32 Å². The van der Waals surface area contributed by atoms with E-state index in [4.69, 9.17) is 26.6 Å². The lowest BCUT2D eigenvalue weighted by atomic mass is 10.0. The zero-order valence-corrected chi connectivity index (χ0v) is 18.7. The van der Waals surface area contributed by atoms with E-state index in [0.717, 1.165) is 30.1 Å². The van der Waals surface area contributed by atoms with Gasteiger partial charge in [0.05, 0.1) is 0 Å². The lowest BCUT2D eigenvalue weighted by molar-refractivity contribution is -0.579. The quantitative estimate of drug-likeness (QED) is 0.521. The van der Waals surface area contributed by atoms with E-state index in [1.165, 1.54) is 5.56 Å². The summed E-state index contributed by atoms with van der Waals surface area (Å²) in [4.78, 5) is 0. The van der Waals surface area contributed by atoms with Crippen molar-refractivity contribution in [2.45, 2.75) is 33.1 Å². The van der Waals surface area contributed by atoms with Crippen LogP contribution in [0.5, 0.6) is 0 Å². The molecule has 9 heteroatoms. The smallest absolute Gasteiger partial charge is 0.370 e. The first-order valence-electron chi connectivity index (χ1n) is 8.37. The van der Waals surface area contributed by atoms with Gasteiger partial charge in [0.1, 0.15) is 0 Å². The minimum absolute atomic E-state index is 0.804. The van der Waals surface area contributed by atoms with Crippen molar-refractivity contribution in [1.29, 1.82) is 0 Å². The van der Waals surface area contributed by atoms with Gasteiger partial charge in [-0.2, -0.15) is 0 Å². The molecule has 0 aliphatic heterocycles. The van der Waals surface area contributed by atoms with Gasteiger partial charge < -0.3 is 26.6 Å². The monoisotopic (exact) mass is 390 g/mol. The first-order chi connectivity index (χ1) is 12.0. The van der Waals surface area contributed by atoms with E-state index in [2.05, 4.69) is 19.9 Å². The highest BCUT2D eigenvalue weighted by molar-refractivity contribution is 6.75. The Hall–Kier alpha value is -0.656. The Bertz CT molecular complexity index is 533. The number of hydrogen-bond acceptors (Lipinski definition) is 6. The van der Waals surface area contributed by atoms with Crippen molar-refractivity contribution in [3.8, 4) is 0 Å². The molecule has 1 aromatic heterocycles. The Labute approximate surface area is 153 Å². The van der Waals surface area contributed by atoms with E-state index in [0.29, 0.717) is 0 Å². The lowest BCUT2D eigenvalue weighted by Gasteiger charge is -2.28. The third-order valence-corrected chi connectivity index (χ3v) is 9.85. The van der Waals surface area contributed by atoms with Crippen LogP contribution in [0.4, 0.5) is 0 Å². The van der Waals surface area contributed by atoms with Crippen molar-refractivity contribution in [3.05, 3.63) is 23.4 Å². The predicted molar refractivity (Wildman–Crippen MR) is 98.6 cm³/mol. The molecule has 0 bridgehead atoms. The van der Waals surface area contributed by atoms with E-state index in [-0.39, 0.29) is 0 Å². The molecule has 1 rings (SSSR count). The molecule has 0 fully saturated rings. The van der Waals surface area contributed by atoms with Crippen LogP contribution in [-0.2, 0) is 39.4 Å². The average molecular weight is 391 g/mol. The number of aromatic nitrogens is 1. The summed E-state index contributed by atoms with van der Waals surface area (Å²) < 4.78 is 36.4. The molecular formula is C16H32NO6Si2+. The van der Waals surface area contributed by atoms with Gasteiger partial charge in [-0.25, -0.2) is 4.23 Å². The second-order valence-corrected chi connectivity index (χ2v) is 11.0. The van der Waals surface area contributed by atoms with Gasteiger partial charge in [-0.1, -0.05) is 20.3 Å². The largest absolute Gasteiger partial charge is 0.871 e. The topological polar surface area (TPSA) is 59.3 Å². The second kappa shape index (κ2) is 9.88. The maximum absolute atomic E-state index is 5.80. The first-order valence-corrected chi connectivity index (χ1v) is 11.8. The van der Waals surface area contributed by atoms with Crippen molar-refractivity contribution in [2.75, 3.05) is 42.7 Å². The van der Waals surface area contributed by atoms with Gasteiger partial charge in [0.15, 0.2) is 6.20 Å². The summed E-state index contributed by atoms with van der Waals surface area (Å²) in [5.74, 6) is 0. The molecule has 0 N–H and O–H groups in total. The average Bonchev–Trinajstić information content (AvgIpc) is 2.66. The fourth-order valence-electron chi connectivity index (χ4n) is 3.18. The van der Waals surface area contributed by atoms with Crippen molar-refractivity contribution >= 4 is 23.1 Å². The summed E-state index contributed by atoms with van der Waals surface area (Å²) in [5.41, 5.74) is 2.37. The standard InChI is InChI=1S/C16H32NO6Si2/c1-9-11-14-12-13-17(25(21-6,22-7)23-8)16(15(14)10-2)24(18-3,19-4)20-5/h12-13H,9-11H2,1-8H3/q+1. The minimum Gasteiger partial charge on any atom is -0.370 e. The Morgan fingerprint density at radius 1 is 0.840 bits per heavy atom. The number of pyridine rings is 1. The van der Waals surface area contributed by atoms with Gasteiger partial charge >= 0.3 is 17.8 Å². The fourth-order valence-corrected chi connectivity index (χ4v) is 7.91. The van der Waals surface area contributed by atoms with Crippen molar-refractivity contribution in [1.82, 2.24) is 0 Å². The Kier molecular flexibility index (Phi) is 8.85. The summed E-state index contributed by atoms with van der Waals surface area (Å²) in [6, 6.07) is 2.09. The minimum atomic E-state index is -3.18. The van der Waals surface area contributed by atoms with Crippen molar-refractivity contribution in [2.24, 2.45) is 0 Å². The van der Waals surface area contributed by atoms with Crippen LogP contribution in [0.15, 0.2) is 12.3 Å². The predicted octanol–water partition coefficient (Wildman–Crippen LogP) is 0.797. The number of rotatable bonds is 11. The molecule has 0 aliphatic carbocycles. The highest BCUT2D eigenvalue weighted by Gasteiger charge is 2.64. The Morgan fingerprint density at radius 2 is 1.36 bits per heavy atom. The third kappa shape index (κ3) is 4.03. The molecule has 0 unspecified atom stereocenters. The normalized spacial score (nSPS) is 12.6. The zero-order chi connectivity index (χ0) is 19.1. The van der Waals surface area contributed by atoms with Crippen LogP contribution in [0.2, 0.25) is 0 Å². The van der Waals surface area contributed by atoms with Gasteiger partial charge in [-0.05, 0) is 18.4 Å². The highest BCUT2D eigenvalue weighted by atomic mass is 28.4. The van der Waals surface area contributed by atoms with Gasteiger partial charge in [-0.15, -0.1) is 0 Å². The summed E-state index contributed by atoms with van der Waals surface area (Å²) >= 11 is 0. The lowest BCUT2D eigenvalue weighted by Crippen LogP contribution is -2.82. The maximum atomic E-state index is 5.80. The van der Waals surface area contributed by atoms with E-state index in [9.17, 15) is 0 Å². The van der Waals surface area contributed by atoms with E-state index >= 15 is 0 Å². The van der Waals surface area contributed by atoms with Crippen LogP contribution in [0.3, 0.4) is 0 Å². The van der Waals surface area contributed by atoms with E-state index in [1.54, 1.807) is 42.7 Å². The van der Waals surface area contributed by atoms with Gasteiger partial charge in [-0.3, -0.25) is 0 Å². The van der Waals surface area contributed by atoms with Crippen molar-refractivity contribution < 1.29 is 30.8 Å². The molecule has 144 valence electrons. The summed E-state index contributed by atoms with van der Waals surface area (Å²) in [7, 11) is 3.20. The molecule has 0 saturated carbocycles. The zero-order valence-electron chi connectivity index (χ0n) is 16.7. The first kappa shape index (κ1) is 22.4. The molecule has 1 aromatic rings. The molecule has 1 heterocycles. The number of nitrogens with zero attached hydrogens (tertiary/aromatic N) is 1. The second-order valence-electron chi connectivity index (χ2n) is 5.45. The van der Waals surface area contributed by atoms with Gasteiger partial charge in [0.25, 0.3) is 0 Å².